The quantitative estimate of drug-likeness (QED) is 0.913. The maximum absolute atomic E-state index is 8.65. The lowest BCUT2D eigenvalue weighted by Crippen LogP contribution is -2.08. The third-order valence-electron chi connectivity index (χ3n) is 2.73. The summed E-state index contributed by atoms with van der Waals surface area (Å²) < 4.78 is 0. The van der Waals surface area contributed by atoms with Gasteiger partial charge in [0.1, 0.15) is 0 Å². The topological polar surface area (TPSA) is 49.8 Å². The Balaban J connectivity index is 0.00000162. The number of halogens is 1. The van der Waals surface area contributed by atoms with Crippen LogP contribution in [0.15, 0.2) is 54.6 Å². The molecule has 2 rings (SSSR count). The molecule has 0 saturated carbocycles. The Bertz CT molecular complexity index is 532. The van der Waals surface area contributed by atoms with Gasteiger partial charge in [0.25, 0.3) is 0 Å². The van der Waals surface area contributed by atoms with Crippen molar-refractivity contribution in [2.75, 3.05) is 0 Å². The van der Waals surface area contributed by atoms with Gasteiger partial charge in [-0.05, 0) is 22.8 Å². The van der Waals surface area contributed by atoms with Gasteiger partial charge in [-0.3, -0.25) is 0 Å². The number of nitrogens with zero attached hydrogens (tertiary/aromatic N) is 1. The van der Waals surface area contributed by atoms with E-state index < -0.39 is 0 Å². The largest absolute Gasteiger partial charge is 0.323 e. The number of hydrogen-bond donors (Lipinski definition) is 1. The first kappa shape index (κ1) is 14.2. The summed E-state index contributed by atoms with van der Waals surface area (Å²) in [7, 11) is 0. The molecular formula is C15H15ClN2. The Morgan fingerprint density at radius 3 is 2.33 bits per heavy atom. The number of rotatable bonds is 3. The zero-order valence-electron chi connectivity index (χ0n) is 9.91. The van der Waals surface area contributed by atoms with Crippen LogP contribution in [0, 0.1) is 11.3 Å². The van der Waals surface area contributed by atoms with Crippen LogP contribution in [-0.2, 0) is 0 Å². The van der Waals surface area contributed by atoms with E-state index in [9.17, 15) is 0 Å². The summed E-state index contributed by atoms with van der Waals surface area (Å²) in [4.78, 5) is 0. The van der Waals surface area contributed by atoms with E-state index in [1.165, 1.54) is 5.56 Å². The van der Waals surface area contributed by atoms with Gasteiger partial charge < -0.3 is 5.73 Å². The Morgan fingerprint density at radius 2 is 1.67 bits per heavy atom. The minimum atomic E-state index is -0.205. The molecule has 0 unspecified atom stereocenters. The average Bonchev–Trinajstić information content (AvgIpc) is 2.40. The molecule has 2 nitrogen and oxygen atoms in total. The molecule has 2 N–H and O–H groups in total. The van der Waals surface area contributed by atoms with Crippen LogP contribution in [0.25, 0.3) is 11.1 Å². The highest BCUT2D eigenvalue weighted by Gasteiger charge is 2.06. The van der Waals surface area contributed by atoms with Crippen molar-refractivity contribution in [1.82, 2.24) is 0 Å². The lowest BCUT2D eigenvalue weighted by atomic mass is 9.99. The highest BCUT2D eigenvalue weighted by atomic mass is 35.5. The molecule has 0 aliphatic carbocycles. The van der Waals surface area contributed by atoms with Gasteiger partial charge in [0.2, 0.25) is 0 Å². The summed E-state index contributed by atoms with van der Waals surface area (Å²) in [6.07, 6.45) is 0.345. The summed E-state index contributed by atoms with van der Waals surface area (Å²) in [5, 5.41) is 8.65. The minimum Gasteiger partial charge on any atom is -0.323 e. The monoisotopic (exact) mass is 258 g/mol. The van der Waals surface area contributed by atoms with Crippen LogP contribution in [-0.4, -0.2) is 0 Å². The van der Waals surface area contributed by atoms with Crippen LogP contribution in [0.5, 0.6) is 0 Å². The molecule has 3 heteroatoms. The fourth-order valence-corrected chi connectivity index (χ4v) is 1.80. The van der Waals surface area contributed by atoms with Crippen molar-refractivity contribution in [1.29, 1.82) is 5.26 Å². The van der Waals surface area contributed by atoms with Crippen LogP contribution >= 0.6 is 12.4 Å². The van der Waals surface area contributed by atoms with Crippen molar-refractivity contribution < 1.29 is 0 Å². The van der Waals surface area contributed by atoms with Gasteiger partial charge in [0, 0.05) is 6.04 Å². The van der Waals surface area contributed by atoms with Gasteiger partial charge in [-0.2, -0.15) is 5.26 Å². The molecule has 92 valence electrons. The molecule has 2 aromatic rings. The van der Waals surface area contributed by atoms with E-state index in [0.717, 1.165) is 11.1 Å². The fourth-order valence-electron chi connectivity index (χ4n) is 1.80. The van der Waals surface area contributed by atoms with E-state index in [0.29, 0.717) is 6.42 Å². The van der Waals surface area contributed by atoms with Crippen molar-refractivity contribution in [3.8, 4) is 17.2 Å². The Kier molecular flexibility index (Phi) is 5.38. The molecule has 0 heterocycles. The molecule has 0 bridgehead atoms. The Labute approximate surface area is 113 Å². The van der Waals surface area contributed by atoms with Gasteiger partial charge in [0.05, 0.1) is 12.5 Å². The fraction of sp³-hybridized carbons (Fsp3) is 0.133. The van der Waals surface area contributed by atoms with Gasteiger partial charge >= 0.3 is 0 Å². The second kappa shape index (κ2) is 6.80. The van der Waals surface area contributed by atoms with E-state index in [1.807, 2.05) is 30.3 Å². The number of nitriles is 1. The number of nitrogens with two attached hydrogens (primary N) is 1. The molecule has 0 radical (unpaired) electrons. The lowest BCUT2D eigenvalue weighted by Gasteiger charge is -2.10. The molecule has 1 atom stereocenters. The van der Waals surface area contributed by atoms with E-state index in [-0.39, 0.29) is 18.4 Å². The number of benzene rings is 2. The molecule has 0 aliphatic rings. The third-order valence-corrected chi connectivity index (χ3v) is 2.73. The molecule has 0 saturated heterocycles. The van der Waals surface area contributed by atoms with Crippen molar-refractivity contribution >= 4 is 12.4 Å². The minimum absolute atomic E-state index is 0. The SMILES string of the molecule is Cl.N#CC[C@H](N)c1cccc(-c2ccccc2)c1. The van der Waals surface area contributed by atoms with Crippen LogP contribution in [0.4, 0.5) is 0 Å². The van der Waals surface area contributed by atoms with Crippen molar-refractivity contribution in [3.63, 3.8) is 0 Å². The summed E-state index contributed by atoms with van der Waals surface area (Å²) in [6.45, 7) is 0. The van der Waals surface area contributed by atoms with Crippen LogP contribution < -0.4 is 5.73 Å². The van der Waals surface area contributed by atoms with Crippen molar-refractivity contribution in [2.24, 2.45) is 5.73 Å². The second-order valence-electron chi connectivity index (χ2n) is 3.96. The molecule has 18 heavy (non-hydrogen) atoms. The normalized spacial score (nSPS) is 11.1. The summed E-state index contributed by atoms with van der Waals surface area (Å²) >= 11 is 0. The van der Waals surface area contributed by atoms with E-state index in [2.05, 4.69) is 30.3 Å². The maximum Gasteiger partial charge on any atom is 0.0641 e. The maximum atomic E-state index is 8.65. The first-order chi connectivity index (χ1) is 8.31. The molecule has 0 fully saturated rings. The highest BCUT2D eigenvalue weighted by Crippen LogP contribution is 2.23. The standard InChI is InChI=1S/C15H14N2.ClH/c16-10-9-15(17)14-8-4-7-13(11-14)12-5-2-1-3-6-12;/h1-8,11,15H,9,17H2;1H/t15-;/m0./s1. The van der Waals surface area contributed by atoms with Crippen LogP contribution in [0.3, 0.4) is 0 Å². The zero-order valence-corrected chi connectivity index (χ0v) is 10.7. The van der Waals surface area contributed by atoms with Crippen LogP contribution in [0.1, 0.15) is 18.0 Å². The summed E-state index contributed by atoms with van der Waals surface area (Å²) in [6, 6.07) is 20.1. The first-order valence-electron chi connectivity index (χ1n) is 5.59. The van der Waals surface area contributed by atoms with Gasteiger partial charge in [-0.1, -0.05) is 48.5 Å². The number of hydrogen-bond acceptors (Lipinski definition) is 2. The highest BCUT2D eigenvalue weighted by molar-refractivity contribution is 5.85. The van der Waals surface area contributed by atoms with Gasteiger partial charge in [0.15, 0.2) is 0 Å². The molecule has 0 amide bonds. The zero-order chi connectivity index (χ0) is 12.1. The second-order valence-corrected chi connectivity index (χ2v) is 3.96. The third kappa shape index (κ3) is 3.33. The Morgan fingerprint density at radius 1 is 1.00 bits per heavy atom. The summed E-state index contributed by atoms with van der Waals surface area (Å²) in [5.74, 6) is 0. The molecule has 0 aliphatic heterocycles. The summed E-state index contributed by atoms with van der Waals surface area (Å²) in [5.41, 5.74) is 9.24. The smallest absolute Gasteiger partial charge is 0.0641 e. The van der Waals surface area contributed by atoms with E-state index in [1.54, 1.807) is 0 Å². The molecule has 0 aromatic heterocycles. The van der Waals surface area contributed by atoms with Gasteiger partial charge in [-0.15, -0.1) is 12.4 Å². The van der Waals surface area contributed by atoms with E-state index >= 15 is 0 Å². The van der Waals surface area contributed by atoms with Crippen molar-refractivity contribution in [2.45, 2.75) is 12.5 Å². The molecule has 2 aromatic carbocycles. The van der Waals surface area contributed by atoms with Crippen LogP contribution in [0.2, 0.25) is 0 Å². The lowest BCUT2D eigenvalue weighted by molar-refractivity contribution is 0.749. The Hall–Kier alpha value is -1.82. The molecule has 0 spiro atoms. The van der Waals surface area contributed by atoms with Crippen molar-refractivity contribution in [3.05, 3.63) is 60.2 Å². The van der Waals surface area contributed by atoms with Gasteiger partial charge in [-0.25, -0.2) is 0 Å². The predicted octanol–water partition coefficient (Wildman–Crippen LogP) is 3.69. The molecular weight excluding hydrogens is 244 g/mol. The first-order valence-corrected chi connectivity index (χ1v) is 5.59. The average molecular weight is 259 g/mol. The predicted molar refractivity (Wildman–Crippen MR) is 76.3 cm³/mol. The van der Waals surface area contributed by atoms with E-state index in [4.69, 9.17) is 11.0 Å².